The van der Waals surface area contributed by atoms with Gasteiger partial charge in [0, 0.05) is 34.5 Å². The SMILES string of the molecule is CC1(C)c2ccccc2-c2c(C3C=CC(N(C4=CC=CCC4)c4ccc5c(c4)Oc4cc6c(cc4O5)C4(C5=C6C=CCC5)c5ccccc5-c5ccccc54)=CC3)cccc21. The minimum atomic E-state index is -0.352. The van der Waals surface area contributed by atoms with Gasteiger partial charge in [-0.25, -0.2) is 0 Å². The van der Waals surface area contributed by atoms with Crippen molar-refractivity contribution in [3.8, 4) is 45.3 Å². The molecular formula is C58H45NO2. The number of ether oxygens (including phenoxy) is 2. The maximum atomic E-state index is 6.93. The predicted molar refractivity (Wildman–Crippen MR) is 248 cm³/mol. The minimum Gasteiger partial charge on any atom is -0.449 e. The highest BCUT2D eigenvalue weighted by Crippen LogP contribution is 2.65. The molecule has 0 aromatic heterocycles. The van der Waals surface area contributed by atoms with E-state index in [1.807, 2.05) is 0 Å². The summed E-state index contributed by atoms with van der Waals surface area (Å²) in [4.78, 5) is 2.43. The van der Waals surface area contributed by atoms with Crippen LogP contribution in [-0.4, -0.2) is 0 Å². The van der Waals surface area contributed by atoms with Gasteiger partial charge in [0.15, 0.2) is 23.0 Å². The maximum Gasteiger partial charge on any atom is 0.172 e. The molecule has 1 spiro atoms. The van der Waals surface area contributed by atoms with Crippen LogP contribution in [0, 0.1) is 0 Å². The molecule has 13 rings (SSSR count). The number of fused-ring (bicyclic) bond motifs is 14. The molecule has 6 aromatic rings. The fourth-order valence-corrected chi connectivity index (χ4v) is 12.0. The molecule has 294 valence electrons. The van der Waals surface area contributed by atoms with E-state index in [9.17, 15) is 0 Å². The Bertz CT molecular complexity index is 3060. The van der Waals surface area contributed by atoms with Crippen LogP contribution in [0.25, 0.3) is 27.8 Å². The van der Waals surface area contributed by atoms with Crippen molar-refractivity contribution in [2.75, 3.05) is 4.90 Å². The van der Waals surface area contributed by atoms with Crippen molar-refractivity contribution >= 4 is 11.3 Å². The quantitative estimate of drug-likeness (QED) is 0.177. The Balaban J connectivity index is 0.864. The fourth-order valence-electron chi connectivity index (χ4n) is 12.0. The van der Waals surface area contributed by atoms with Gasteiger partial charge >= 0.3 is 0 Å². The Morgan fingerprint density at radius 3 is 2.07 bits per heavy atom. The van der Waals surface area contributed by atoms with Gasteiger partial charge in [-0.1, -0.05) is 141 Å². The van der Waals surface area contributed by atoms with Crippen molar-refractivity contribution in [2.24, 2.45) is 0 Å². The molecule has 0 radical (unpaired) electrons. The van der Waals surface area contributed by atoms with Crippen molar-refractivity contribution in [3.63, 3.8) is 0 Å². The van der Waals surface area contributed by atoms with Crippen LogP contribution >= 0.6 is 0 Å². The summed E-state index contributed by atoms with van der Waals surface area (Å²) >= 11 is 0. The molecule has 6 aromatic carbocycles. The largest absolute Gasteiger partial charge is 0.449 e. The number of nitrogens with zero attached hydrogens (tertiary/aromatic N) is 1. The minimum absolute atomic E-state index is 0.0123. The zero-order valence-corrected chi connectivity index (χ0v) is 34.5. The van der Waals surface area contributed by atoms with E-state index >= 15 is 0 Å². The first-order chi connectivity index (χ1) is 30.0. The molecule has 1 heterocycles. The van der Waals surface area contributed by atoms with Crippen molar-refractivity contribution in [3.05, 3.63) is 226 Å². The van der Waals surface area contributed by atoms with Gasteiger partial charge < -0.3 is 14.4 Å². The van der Waals surface area contributed by atoms with E-state index in [1.54, 1.807) is 0 Å². The summed E-state index contributed by atoms with van der Waals surface area (Å²) in [5.41, 5.74) is 20.9. The Morgan fingerprint density at radius 1 is 0.590 bits per heavy atom. The molecular weight excluding hydrogens is 743 g/mol. The topological polar surface area (TPSA) is 21.7 Å². The van der Waals surface area contributed by atoms with Crippen LogP contribution in [0.4, 0.5) is 5.69 Å². The summed E-state index contributed by atoms with van der Waals surface area (Å²) in [6.07, 6.45) is 23.6. The number of anilines is 1. The number of rotatable bonds is 4. The van der Waals surface area contributed by atoms with Crippen molar-refractivity contribution in [1.29, 1.82) is 0 Å². The second-order valence-electron chi connectivity index (χ2n) is 18.1. The third kappa shape index (κ3) is 4.81. The molecule has 1 atom stereocenters. The lowest BCUT2D eigenvalue weighted by Crippen LogP contribution is -2.27. The highest BCUT2D eigenvalue weighted by atomic mass is 16.6. The zero-order valence-electron chi connectivity index (χ0n) is 34.5. The van der Waals surface area contributed by atoms with E-state index in [-0.39, 0.29) is 10.8 Å². The van der Waals surface area contributed by atoms with Gasteiger partial charge in [0.25, 0.3) is 0 Å². The average Bonchev–Trinajstić information content (AvgIpc) is 3.86. The summed E-state index contributed by atoms with van der Waals surface area (Å²) in [7, 11) is 0. The van der Waals surface area contributed by atoms with E-state index in [4.69, 9.17) is 9.47 Å². The van der Waals surface area contributed by atoms with Gasteiger partial charge in [-0.3, -0.25) is 0 Å². The summed E-state index contributed by atoms with van der Waals surface area (Å²) in [5.74, 6) is 3.29. The van der Waals surface area contributed by atoms with Crippen molar-refractivity contribution < 1.29 is 9.47 Å². The molecule has 0 amide bonds. The number of benzene rings is 6. The van der Waals surface area contributed by atoms with E-state index < -0.39 is 0 Å². The van der Waals surface area contributed by atoms with E-state index in [1.165, 1.54) is 83.7 Å². The van der Waals surface area contributed by atoms with Crippen LogP contribution in [0.2, 0.25) is 0 Å². The van der Waals surface area contributed by atoms with Gasteiger partial charge in [0.1, 0.15) is 0 Å². The molecule has 1 unspecified atom stereocenters. The van der Waals surface area contributed by atoms with Crippen LogP contribution < -0.4 is 14.4 Å². The summed E-state index contributed by atoms with van der Waals surface area (Å²) in [5, 5.41) is 0. The zero-order chi connectivity index (χ0) is 40.5. The summed E-state index contributed by atoms with van der Waals surface area (Å²) < 4.78 is 13.8. The van der Waals surface area contributed by atoms with Crippen molar-refractivity contribution in [2.45, 2.75) is 62.7 Å². The second kappa shape index (κ2) is 12.8. The molecule has 0 saturated carbocycles. The van der Waals surface area contributed by atoms with E-state index in [0.717, 1.165) is 60.8 Å². The molecule has 0 saturated heterocycles. The smallest absolute Gasteiger partial charge is 0.172 e. The molecule has 6 aliphatic carbocycles. The average molecular weight is 788 g/mol. The van der Waals surface area contributed by atoms with Gasteiger partial charge in [0.2, 0.25) is 0 Å². The maximum absolute atomic E-state index is 6.93. The van der Waals surface area contributed by atoms with Gasteiger partial charge in [-0.15, -0.1) is 0 Å². The number of allylic oxidation sites excluding steroid dienone is 11. The fraction of sp³-hybridized carbons (Fsp3) is 0.172. The molecule has 1 aliphatic heterocycles. The van der Waals surface area contributed by atoms with E-state index in [2.05, 4.69) is 189 Å². The molecule has 0 bridgehead atoms. The van der Waals surface area contributed by atoms with Gasteiger partial charge in [0.05, 0.1) is 5.41 Å². The first-order valence-electron chi connectivity index (χ1n) is 22.1. The standard InChI is InChI=1S/C58H45NO2/c1-57(2)46-22-10-9-20-44(46)56-40(21-14-26-50(56)57)36-27-29-38(30-28-36)59(37-15-4-3-5-16-37)39-31-32-52-53(33-39)61-54-34-45-43-19-8-13-25-49(43)58(51(45)35-55(54)60-52)47-23-11-6-17-41(47)42-18-7-12-24-48(42)58/h3-4,6-12,14-15,17-24,26-27,29-36H,5,13,16,25,28H2,1-2H3. The number of hydrogen-bond donors (Lipinski definition) is 0. The molecule has 7 aliphatic rings. The van der Waals surface area contributed by atoms with Crippen LogP contribution in [-0.2, 0) is 10.8 Å². The van der Waals surface area contributed by atoms with Crippen LogP contribution in [0.3, 0.4) is 0 Å². The number of hydrogen-bond acceptors (Lipinski definition) is 3. The summed E-state index contributed by atoms with van der Waals surface area (Å²) in [6.45, 7) is 4.73. The molecule has 3 nitrogen and oxygen atoms in total. The third-order valence-corrected chi connectivity index (χ3v) is 14.6. The molecule has 3 heteroatoms. The van der Waals surface area contributed by atoms with Crippen LogP contribution in [0.1, 0.15) is 90.8 Å². The Kier molecular flexibility index (Phi) is 7.36. The predicted octanol–water partition coefficient (Wildman–Crippen LogP) is 15.0. The molecule has 0 fully saturated rings. The van der Waals surface area contributed by atoms with Gasteiger partial charge in [-0.05, 0) is 141 Å². The van der Waals surface area contributed by atoms with Crippen LogP contribution in [0.15, 0.2) is 187 Å². The van der Waals surface area contributed by atoms with Crippen molar-refractivity contribution in [1.82, 2.24) is 0 Å². The van der Waals surface area contributed by atoms with E-state index in [0.29, 0.717) is 5.92 Å². The lowest BCUT2D eigenvalue weighted by molar-refractivity contribution is 0.359. The van der Waals surface area contributed by atoms with Gasteiger partial charge in [-0.2, -0.15) is 0 Å². The first kappa shape index (κ1) is 35.0. The highest BCUT2D eigenvalue weighted by Gasteiger charge is 2.53. The second-order valence-corrected chi connectivity index (χ2v) is 18.1. The Hall–Kier alpha value is -6.84. The molecule has 61 heavy (non-hydrogen) atoms. The Morgan fingerprint density at radius 2 is 1.30 bits per heavy atom. The van der Waals surface area contributed by atoms with Crippen LogP contribution in [0.5, 0.6) is 23.0 Å². The third-order valence-electron chi connectivity index (χ3n) is 14.6. The molecule has 0 N–H and O–H groups in total. The highest BCUT2D eigenvalue weighted by molar-refractivity contribution is 5.98. The lowest BCUT2D eigenvalue weighted by atomic mass is 9.68. The normalized spacial score (nSPS) is 19.6. The Labute approximate surface area is 358 Å². The first-order valence-corrected chi connectivity index (χ1v) is 22.1. The monoisotopic (exact) mass is 787 g/mol. The lowest BCUT2D eigenvalue weighted by Gasteiger charge is -2.34. The summed E-state index contributed by atoms with van der Waals surface area (Å²) in [6, 6.07) is 44.9.